The minimum atomic E-state index is -0.934. The van der Waals surface area contributed by atoms with E-state index < -0.39 is 17.4 Å². The molecule has 0 fully saturated rings. The summed E-state index contributed by atoms with van der Waals surface area (Å²) in [6.07, 6.45) is 0. The van der Waals surface area contributed by atoms with Crippen molar-refractivity contribution in [2.45, 2.75) is 19.9 Å². The van der Waals surface area contributed by atoms with Crippen molar-refractivity contribution in [1.29, 1.82) is 0 Å². The molecule has 0 bridgehead atoms. The van der Waals surface area contributed by atoms with Crippen molar-refractivity contribution in [3.05, 3.63) is 42.0 Å². The third-order valence-electron chi connectivity index (χ3n) is 3.75. The zero-order chi connectivity index (χ0) is 14.9. The molecule has 0 unspecified atom stereocenters. The molecule has 2 rings (SSSR count). The van der Waals surface area contributed by atoms with Gasteiger partial charge in [-0.05, 0) is 30.7 Å². The summed E-state index contributed by atoms with van der Waals surface area (Å²) >= 11 is 0. The molecule has 0 aliphatic heterocycles. The first-order valence-electron chi connectivity index (χ1n) is 6.44. The molecule has 3 N–H and O–H groups in total. The van der Waals surface area contributed by atoms with Gasteiger partial charge in [0.2, 0.25) is 0 Å². The van der Waals surface area contributed by atoms with Crippen molar-refractivity contribution in [3.8, 4) is 5.75 Å². The average molecular weight is 310 g/mol. The summed E-state index contributed by atoms with van der Waals surface area (Å²) in [6, 6.07) is 10.4. The summed E-state index contributed by atoms with van der Waals surface area (Å²) < 4.78 is 4.81. The number of hydrogen-bond donors (Lipinski definition) is 2. The second kappa shape index (κ2) is 6.33. The van der Waals surface area contributed by atoms with Gasteiger partial charge in [0.05, 0.1) is 12.5 Å². The molecule has 0 aromatic heterocycles. The van der Waals surface area contributed by atoms with Crippen molar-refractivity contribution < 1.29 is 14.6 Å². The van der Waals surface area contributed by atoms with Crippen LogP contribution < -0.4 is 5.73 Å². The molecule has 0 saturated heterocycles. The molecule has 21 heavy (non-hydrogen) atoms. The topological polar surface area (TPSA) is 72.5 Å². The molecule has 0 aliphatic rings. The van der Waals surface area contributed by atoms with Gasteiger partial charge in [-0.3, -0.25) is 4.79 Å². The van der Waals surface area contributed by atoms with Crippen LogP contribution in [0.2, 0.25) is 0 Å². The maximum absolute atomic E-state index is 11.9. The van der Waals surface area contributed by atoms with Crippen LogP contribution in [0, 0.1) is 5.41 Å². The number of phenolic OH excluding ortho intramolecular Hbond substituents is 1. The molecule has 0 amide bonds. The van der Waals surface area contributed by atoms with Crippen LogP contribution in [0.3, 0.4) is 0 Å². The molecular weight excluding hydrogens is 290 g/mol. The first kappa shape index (κ1) is 17.3. The van der Waals surface area contributed by atoms with Gasteiger partial charge in [0.25, 0.3) is 0 Å². The predicted octanol–water partition coefficient (Wildman–Crippen LogP) is 3.17. The zero-order valence-electron chi connectivity index (χ0n) is 12.3. The predicted molar refractivity (Wildman–Crippen MR) is 85.6 cm³/mol. The van der Waals surface area contributed by atoms with Crippen LogP contribution in [0.4, 0.5) is 0 Å². The number of hydrogen-bond acceptors (Lipinski definition) is 4. The van der Waals surface area contributed by atoms with Gasteiger partial charge in [0.15, 0.2) is 0 Å². The van der Waals surface area contributed by atoms with E-state index in [2.05, 4.69) is 0 Å². The molecule has 0 radical (unpaired) electrons. The number of nitrogens with two attached hydrogens (primary N) is 1. The van der Waals surface area contributed by atoms with Crippen LogP contribution >= 0.6 is 12.4 Å². The Balaban J connectivity index is 0.00000220. The fourth-order valence-corrected chi connectivity index (χ4v) is 2.36. The summed E-state index contributed by atoms with van der Waals surface area (Å²) in [5.41, 5.74) is 5.89. The largest absolute Gasteiger partial charge is 0.508 e. The number of rotatable bonds is 3. The monoisotopic (exact) mass is 309 g/mol. The van der Waals surface area contributed by atoms with E-state index in [0.29, 0.717) is 5.56 Å². The van der Waals surface area contributed by atoms with Gasteiger partial charge in [-0.25, -0.2) is 0 Å². The standard InChI is InChI=1S/C16H19NO3.ClH/c1-16(2,15(19)20-3)14(17)13-11-7-5-4-6-10(11)8-9-12(13)18;/h4-9,14,18H,17H2,1-3H3;1H/t14-;/m0./s1. The highest BCUT2D eigenvalue weighted by Gasteiger charge is 2.38. The highest BCUT2D eigenvalue weighted by Crippen LogP contribution is 2.40. The molecule has 0 aliphatic carbocycles. The third-order valence-corrected chi connectivity index (χ3v) is 3.75. The van der Waals surface area contributed by atoms with Crippen LogP contribution in [0.15, 0.2) is 36.4 Å². The molecule has 0 saturated carbocycles. The van der Waals surface area contributed by atoms with E-state index in [0.717, 1.165) is 10.8 Å². The number of methoxy groups -OCH3 is 1. The second-order valence-electron chi connectivity index (χ2n) is 5.41. The molecule has 114 valence electrons. The summed E-state index contributed by atoms with van der Waals surface area (Å²) in [6.45, 7) is 3.43. The van der Waals surface area contributed by atoms with Gasteiger partial charge in [0.1, 0.15) is 5.75 Å². The first-order valence-corrected chi connectivity index (χ1v) is 6.44. The Morgan fingerprint density at radius 3 is 2.48 bits per heavy atom. The quantitative estimate of drug-likeness (QED) is 0.854. The Kier molecular flexibility index (Phi) is 5.20. The lowest BCUT2D eigenvalue weighted by Crippen LogP contribution is -2.37. The van der Waals surface area contributed by atoms with E-state index in [9.17, 15) is 9.90 Å². The fourth-order valence-electron chi connectivity index (χ4n) is 2.36. The number of ether oxygens (including phenoxy) is 1. The van der Waals surface area contributed by atoms with Gasteiger partial charge in [-0.2, -0.15) is 0 Å². The minimum absolute atomic E-state index is 0. The Bertz CT molecular complexity index is 655. The van der Waals surface area contributed by atoms with Crippen LogP contribution in [0.5, 0.6) is 5.75 Å². The van der Waals surface area contributed by atoms with E-state index in [4.69, 9.17) is 10.5 Å². The summed E-state index contributed by atoms with van der Waals surface area (Å²) in [4.78, 5) is 11.9. The average Bonchev–Trinajstić information content (AvgIpc) is 2.45. The Labute approximate surface area is 130 Å². The maximum Gasteiger partial charge on any atom is 0.313 e. The number of halogens is 1. The number of benzene rings is 2. The lowest BCUT2D eigenvalue weighted by atomic mass is 9.79. The van der Waals surface area contributed by atoms with E-state index in [1.807, 2.05) is 30.3 Å². The van der Waals surface area contributed by atoms with Gasteiger partial charge in [-0.1, -0.05) is 30.3 Å². The van der Waals surface area contributed by atoms with Gasteiger partial charge in [-0.15, -0.1) is 12.4 Å². The Morgan fingerprint density at radius 2 is 1.86 bits per heavy atom. The number of carbonyl (C=O) groups excluding carboxylic acids is 1. The number of aromatic hydroxyl groups is 1. The van der Waals surface area contributed by atoms with E-state index in [1.165, 1.54) is 7.11 Å². The van der Waals surface area contributed by atoms with Gasteiger partial charge in [0, 0.05) is 11.6 Å². The van der Waals surface area contributed by atoms with E-state index >= 15 is 0 Å². The summed E-state index contributed by atoms with van der Waals surface area (Å²) in [5, 5.41) is 12.0. The van der Waals surface area contributed by atoms with Crippen molar-refractivity contribution in [2.24, 2.45) is 11.1 Å². The summed E-state index contributed by atoms with van der Waals surface area (Å²) in [5.74, 6) is -0.314. The molecule has 0 heterocycles. The van der Waals surface area contributed by atoms with Crippen LogP contribution in [-0.4, -0.2) is 18.2 Å². The molecule has 4 nitrogen and oxygen atoms in total. The fraction of sp³-hybridized carbons (Fsp3) is 0.312. The third kappa shape index (κ3) is 2.96. The number of carbonyl (C=O) groups is 1. The van der Waals surface area contributed by atoms with E-state index in [-0.39, 0.29) is 18.2 Å². The van der Waals surface area contributed by atoms with Gasteiger partial charge < -0.3 is 15.6 Å². The van der Waals surface area contributed by atoms with Crippen molar-refractivity contribution in [2.75, 3.05) is 7.11 Å². The maximum atomic E-state index is 11.9. The smallest absolute Gasteiger partial charge is 0.313 e. The summed E-state index contributed by atoms with van der Waals surface area (Å²) in [7, 11) is 1.33. The number of phenols is 1. The van der Waals surface area contributed by atoms with Crippen molar-refractivity contribution in [3.63, 3.8) is 0 Å². The molecular formula is C16H20ClNO3. The van der Waals surface area contributed by atoms with Crippen LogP contribution in [-0.2, 0) is 9.53 Å². The van der Waals surface area contributed by atoms with Crippen molar-refractivity contribution in [1.82, 2.24) is 0 Å². The number of fused-ring (bicyclic) bond motifs is 1. The number of esters is 1. The second-order valence-corrected chi connectivity index (χ2v) is 5.41. The zero-order valence-corrected chi connectivity index (χ0v) is 13.1. The van der Waals surface area contributed by atoms with Gasteiger partial charge >= 0.3 is 5.97 Å². The van der Waals surface area contributed by atoms with Crippen LogP contribution in [0.25, 0.3) is 10.8 Å². The minimum Gasteiger partial charge on any atom is -0.508 e. The molecule has 5 heteroatoms. The molecule has 0 spiro atoms. The van der Waals surface area contributed by atoms with Crippen molar-refractivity contribution >= 4 is 29.1 Å². The normalized spacial score (nSPS) is 12.6. The Hall–Kier alpha value is -1.78. The molecule has 2 aromatic rings. The lowest BCUT2D eigenvalue weighted by molar-refractivity contribution is -0.152. The highest BCUT2D eigenvalue weighted by atomic mass is 35.5. The van der Waals surface area contributed by atoms with Crippen LogP contribution in [0.1, 0.15) is 25.5 Å². The highest BCUT2D eigenvalue weighted by molar-refractivity contribution is 5.89. The first-order chi connectivity index (χ1) is 9.39. The van der Waals surface area contributed by atoms with E-state index in [1.54, 1.807) is 19.9 Å². The molecule has 1 atom stereocenters. The molecule has 2 aromatic carbocycles. The lowest BCUT2D eigenvalue weighted by Gasteiger charge is -2.30. The SMILES string of the molecule is COC(=O)C(C)(C)[C@@H](N)c1c(O)ccc2ccccc12.Cl. The Morgan fingerprint density at radius 1 is 1.24 bits per heavy atom.